The molecular weight excluding hydrogens is 430 g/mol. The van der Waals surface area contributed by atoms with Crippen LogP contribution in [-0.4, -0.2) is 31.9 Å². The first kappa shape index (κ1) is 25.8. The van der Waals surface area contributed by atoms with Crippen molar-refractivity contribution in [3.05, 3.63) is 94.4 Å². The molecule has 0 aromatic carbocycles. The Hall–Kier alpha value is -4.47. The third-order valence-electron chi connectivity index (χ3n) is 4.75. The molecule has 0 radical (unpaired) electrons. The normalized spacial score (nSPS) is 17.1. The number of ether oxygens (including phenoxy) is 1. The fraction of sp³-hybridized carbons (Fsp3) is 0.208. The zero-order chi connectivity index (χ0) is 25.1. The van der Waals surface area contributed by atoms with Crippen molar-refractivity contribution < 1.29 is 4.74 Å². The van der Waals surface area contributed by atoms with Crippen LogP contribution >= 0.6 is 0 Å². The predicted molar refractivity (Wildman–Crippen MR) is 138 cm³/mol. The molecule has 180 valence electrons. The average Bonchev–Trinajstić information content (AvgIpc) is 2.82. The van der Waals surface area contributed by atoms with Gasteiger partial charge in [0.2, 0.25) is 0 Å². The van der Waals surface area contributed by atoms with Crippen molar-refractivity contribution in [1.82, 2.24) is 16.0 Å². The van der Waals surface area contributed by atoms with Crippen LogP contribution in [0.25, 0.3) is 0 Å². The van der Waals surface area contributed by atoms with Gasteiger partial charge in [-0.3, -0.25) is 10.4 Å². The molecule has 0 unspecified atom stereocenters. The van der Waals surface area contributed by atoms with E-state index < -0.39 is 0 Å². The lowest BCUT2D eigenvalue weighted by Gasteiger charge is -2.25. The molecule has 0 aliphatic carbocycles. The van der Waals surface area contributed by atoms with Crippen LogP contribution in [0, 0.1) is 16.7 Å². The van der Waals surface area contributed by atoms with E-state index in [-0.39, 0.29) is 24.2 Å². The van der Waals surface area contributed by atoms with Gasteiger partial charge in [0.15, 0.2) is 5.88 Å². The third kappa shape index (κ3) is 7.30. The van der Waals surface area contributed by atoms with Crippen LogP contribution in [0.3, 0.4) is 0 Å². The first-order valence-electron chi connectivity index (χ1n) is 10.6. The monoisotopic (exact) mass is 463 g/mol. The van der Waals surface area contributed by atoms with Gasteiger partial charge in [-0.1, -0.05) is 13.8 Å². The van der Waals surface area contributed by atoms with E-state index in [2.05, 4.69) is 20.9 Å². The lowest BCUT2D eigenvalue weighted by atomic mass is 10.0. The van der Waals surface area contributed by atoms with Gasteiger partial charge in [0, 0.05) is 36.8 Å². The summed E-state index contributed by atoms with van der Waals surface area (Å²) in [7, 11) is 1.66. The number of nitrogens with two attached hydrogens (primary N) is 3. The molecule has 0 saturated heterocycles. The number of hydrogen-bond acceptors (Lipinski definition) is 9. The highest BCUT2D eigenvalue weighted by atomic mass is 16.5. The van der Waals surface area contributed by atoms with Gasteiger partial charge in [0.25, 0.3) is 0 Å². The standard InChI is InChI=1S/C24H33N9O/c1-15(2)16(11-26)10-22(28)33-24-7-6-20-21(32-24)9-17(12-31-20)18(13-30-3)19(27)14-34-23(29)5-4-8-25/h4-13,15,26,31-32H,14,25,27,29H2,1-3H3,(H2,28,33)/b8-4-,16-10?,19-18?,23-5+,26-11?,30-13?. The Morgan fingerprint density at radius 1 is 1.26 bits per heavy atom. The molecule has 2 heterocycles. The SMILES string of the molecule is CN=CC(C1=CNC2=CC=C(NC(=N)C=C(C=N)C(C)C)NC2=C1)=C(N)CO/C(N)=C/C=C\N. The van der Waals surface area contributed by atoms with Crippen LogP contribution in [-0.2, 0) is 4.74 Å². The summed E-state index contributed by atoms with van der Waals surface area (Å²) < 4.78 is 5.48. The molecule has 10 heteroatoms. The van der Waals surface area contributed by atoms with E-state index in [0.29, 0.717) is 17.1 Å². The Bertz CT molecular complexity index is 1080. The van der Waals surface area contributed by atoms with Crippen molar-refractivity contribution in [3.63, 3.8) is 0 Å². The van der Waals surface area contributed by atoms with Gasteiger partial charge in [-0.25, -0.2) is 0 Å². The van der Waals surface area contributed by atoms with E-state index in [1.807, 2.05) is 38.3 Å². The summed E-state index contributed by atoms with van der Waals surface area (Å²) in [6, 6.07) is 0. The van der Waals surface area contributed by atoms with Crippen LogP contribution in [0.1, 0.15) is 13.8 Å². The maximum atomic E-state index is 8.21. The summed E-state index contributed by atoms with van der Waals surface area (Å²) in [5, 5.41) is 25.2. The predicted octanol–water partition coefficient (Wildman–Crippen LogP) is 1.69. The minimum atomic E-state index is 0.0696. The molecule has 2 aliphatic heterocycles. The molecule has 0 saturated carbocycles. The number of aliphatic imine (C=N–C) groups is 1. The smallest absolute Gasteiger partial charge is 0.184 e. The first-order valence-corrected chi connectivity index (χ1v) is 10.6. The van der Waals surface area contributed by atoms with E-state index in [4.69, 9.17) is 32.8 Å². The van der Waals surface area contributed by atoms with Crippen molar-refractivity contribution in [2.75, 3.05) is 13.7 Å². The van der Waals surface area contributed by atoms with Gasteiger partial charge in [-0.05, 0) is 54.1 Å². The molecule has 11 N–H and O–H groups in total. The lowest BCUT2D eigenvalue weighted by Crippen LogP contribution is -2.35. The number of hydrogen-bond donors (Lipinski definition) is 8. The molecule has 34 heavy (non-hydrogen) atoms. The lowest BCUT2D eigenvalue weighted by molar-refractivity contribution is 0.235. The van der Waals surface area contributed by atoms with Crippen molar-refractivity contribution in [2.24, 2.45) is 28.1 Å². The number of dihydropyridines is 2. The molecule has 0 spiro atoms. The van der Waals surface area contributed by atoms with Gasteiger partial charge in [-0.2, -0.15) is 0 Å². The summed E-state index contributed by atoms with van der Waals surface area (Å²) in [6.45, 7) is 4.03. The van der Waals surface area contributed by atoms with Crippen molar-refractivity contribution in [1.29, 1.82) is 10.8 Å². The number of allylic oxidation sites excluding steroid dienone is 8. The molecule has 0 bridgehead atoms. The Morgan fingerprint density at radius 3 is 2.68 bits per heavy atom. The van der Waals surface area contributed by atoms with Gasteiger partial charge < -0.3 is 43.3 Å². The van der Waals surface area contributed by atoms with E-state index >= 15 is 0 Å². The third-order valence-corrected chi connectivity index (χ3v) is 4.75. The Kier molecular flexibility index (Phi) is 9.51. The number of amidine groups is 1. The van der Waals surface area contributed by atoms with Gasteiger partial charge in [0.05, 0.1) is 17.1 Å². The highest BCUT2D eigenvalue weighted by Gasteiger charge is 2.18. The largest absolute Gasteiger partial charge is 0.473 e. The minimum Gasteiger partial charge on any atom is -0.473 e. The van der Waals surface area contributed by atoms with Gasteiger partial charge in [-0.15, -0.1) is 0 Å². The van der Waals surface area contributed by atoms with Crippen LogP contribution in [0.15, 0.2) is 99.4 Å². The fourth-order valence-electron chi connectivity index (χ4n) is 2.96. The molecule has 2 rings (SSSR count). The summed E-state index contributed by atoms with van der Waals surface area (Å²) >= 11 is 0. The summed E-state index contributed by atoms with van der Waals surface area (Å²) in [5.74, 6) is 1.15. The maximum absolute atomic E-state index is 8.21. The van der Waals surface area contributed by atoms with E-state index in [1.165, 1.54) is 18.5 Å². The van der Waals surface area contributed by atoms with E-state index in [0.717, 1.165) is 22.5 Å². The summed E-state index contributed by atoms with van der Waals surface area (Å²) in [5.41, 5.74) is 21.7. The van der Waals surface area contributed by atoms with Crippen molar-refractivity contribution >= 4 is 18.3 Å². The second kappa shape index (κ2) is 12.5. The highest BCUT2D eigenvalue weighted by molar-refractivity contribution is 5.97. The Balaban J connectivity index is 2.19. The van der Waals surface area contributed by atoms with Gasteiger partial charge in [0.1, 0.15) is 18.3 Å². The second-order valence-corrected chi connectivity index (χ2v) is 7.64. The summed E-state index contributed by atoms with van der Waals surface area (Å²) in [4.78, 5) is 4.12. The zero-order valence-corrected chi connectivity index (χ0v) is 19.6. The quantitative estimate of drug-likeness (QED) is 0.105. The van der Waals surface area contributed by atoms with Gasteiger partial charge >= 0.3 is 0 Å². The maximum Gasteiger partial charge on any atom is 0.184 e. The van der Waals surface area contributed by atoms with Crippen LogP contribution in [0.2, 0.25) is 0 Å². The molecule has 0 aromatic heterocycles. The van der Waals surface area contributed by atoms with Crippen molar-refractivity contribution in [3.8, 4) is 0 Å². The van der Waals surface area contributed by atoms with E-state index in [9.17, 15) is 0 Å². The van der Waals surface area contributed by atoms with E-state index in [1.54, 1.807) is 25.4 Å². The molecular formula is C24H33N9O. The molecule has 0 fully saturated rings. The molecule has 10 nitrogen and oxygen atoms in total. The van der Waals surface area contributed by atoms with Crippen molar-refractivity contribution in [2.45, 2.75) is 13.8 Å². The zero-order valence-electron chi connectivity index (χ0n) is 19.6. The number of nitrogens with zero attached hydrogens (tertiary/aromatic N) is 1. The Morgan fingerprint density at radius 2 is 2.03 bits per heavy atom. The van der Waals surface area contributed by atoms with Crippen LogP contribution < -0.4 is 33.2 Å². The van der Waals surface area contributed by atoms with Crippen LogP contribution in [0.5, 0.6) is 0 Å². The first-order chi connectivity index (χ1) is 16.3. The molecule has 0 amide bonds. The average molecular weight is 464 g/mol. The van der Waals surface area contributed by atoms with Crippen LogP contribution in [0.4, 0.5) is 0 Å². The molecule has 0 aromatic rings. The minimum absolute atomic E-state index is 0.0696. The number of nitrogens with one attached hydrogen (secondary N) is 5. The fourth-order valence-corrected chi connectivity index (χ4v) is 2.96. The highest BCUT2D eigenvalue weighted by Crippen LogP contribution is 2.23. The molecule has 0 atom stereocenters. The second-order valence-electron chi connectivity index (χ2n) is 7.64. The number of rotatable bonds is 10. The summed E-state index contributed by atoms with van der Waals surface area (Å²) in [6.07, 6.45) is 16.5. The number of fused-ring (bicyclic) bond motifs is 1. The molecule has 2 aliphatic rings. The Labute approximate surface area is 200 Å². The topological polar surface area (TPSA) is 183 Å².